The van der Waals surface area contributed by atoms with Crippen molar-refractivity contribution >= 4 is 23.8 Å². The van der Waals surface area contributed by atoms with E-state index in [1.54, 1.807) is 34.9 Å². The lowest BCUT2D eigenvalue weighted by Gasteiger charge is -2.34. The summed E-state index contributed by atoms with van der Waals surface area (Å²) < 4.78 is 21.4. The van der Waals surface area contributed by atoms with Crippen LogP contribution in [0.5, 0.6) is 0 Å². The predicted octanol–water partition coefficient (Wildman–Crippen LogP) is 3.72. The Kier molecular flexibility index (Phi) is 8.36. The minimum absolute atomic E-state index is 0.0384. The third kappa shape index (κ3) is 6.19. The number of carbonyl (C=O) groups excluding carboxylic acids is 2. The van der Waals surface area contributed by atoms with Gasteiger partial charge in [-0.05, 0) is 31.0 Å². The molecule has 0 unspecified atom stereocenters. The van der Waals surface area contributed by atoms with Crippen molar-refractivity contribution in [2.75, 3.05) is 38.5 Å². The number of hydrogen-bond donors (Lipinski definition) is 0. The Balaban J connectivity index is 1.44. The topological polar surface area (TPSA) is 80.6 Å². The van der Waals surface area contributed by atoms with Crippen molar-refractivity contribution < 1.29 is 18.7 Å². The van der Waals surface area contributed by atoms with Gasteiger partial charge in [0.05, 0.1) is 17.9 Å². The maximum Gasteiger partial charge on any atom is 0.409 e. The fourth-order valence-electron chi connectivity index (χ4n) is 3.90. The molecule has 3 aromatic rings. The molecule has 0 radical (unpaired) electrons. The smallest absolute Gasteiger partial charge is 0.409 e. The highest BCUT2D eigenvalue weighted by Crippen LogP contribution is 2.26. The number of hydrogen-bond acceptors (Lipinski definition) is 6. The Bertz CT molecular complexity index is 1150. The van der Waals surface area contributed by atoms with Crippen molar-refractivity contribution in [2.24, 2.45) is 0 Å². The Morgan fingerprint density at radius 1 is 0.971 bits per heavy atom. The molecule has 35 heavy (non-hydrogen) atoms. The van der Waals surface area contributed by atoms with Gasteiger partial charge in [0.15, 0.2) is 11.0 Å². The minimum atomic E-state index is -0.368. The van der Waals surface area contributed by atoms with E-state index in [4.69, 9.17) is 4.74 Å². The van der Waals surface area contributed by atoms with Gasteiger partial charge in [-0.15, -0.1) is 10.2 Å². The first-order valence-corrected chi connectivity index (χ1v) is 12.6. The van der Waals surface area contributed by atoms with Crippen LogP contribution in [0.15, 0.2) is 59.8 Å². The average Bonchev–Trinajstić information content (AvgIpc) is 3.29. The molecule has 1 aromatic heterocycles. The molecule has 0 aliphatic carbocycles. The molecule has 0 saturated carbocycles. The van der Waals surface area contributed by atoms with E-state index >= 15 is 0 Å². The van der Waals surface area contributed by atoms with Gasteiger partial charge in [0.25, 0.3) is 0 Å². The summed E-state index contributed by atoms with van der Waals surface area (Å²) in [5.74, 6) is 0.216. The number of aryl methyl sites for hydroxylation is 1. The molecule has 1 aliphatic rings. The SMILES string of the molecule is CCOC(=O)N1CCN(C(=O)CSc2nnc(-c3ccccc3F)n2CCc2ccccc2)CC1. The molecule has 1 fully saturated rings. The van der Waals surface area contributed by atoms with E-state index in [2.05, 4.69) is 10.2 Å². The summed E-state index contributed by atoms with van der Waals surface area (Å²) in [5.41, 5.74) is 1.52. The van der Waals surface area contributed by atoms with Crippen LogP contribution in [-0.2, 0) is 22.5 Å². The highest BCUT2D eigenvalue weighted by Gasteiger charge is 2.25. The first-order chi connectivity index (χ1) is 17.1. The van der Waals surface area contributed by atoms with Gasteiger partial charge in [-0.25, -0.2) is 9.18 Å². The largest absolute Gasteiger partial charge is 0.450 e. The van der Waals surface area contributed by atoms with Crippen molar-refractivity contribution in [3.05, 3.63) is 66.0 Å². The molecule has 8 nitrogen and oxygen atoms in total. The number of halogens is 1. The summed E-state index contributed by atoms with van der Waals surface area (Å²) in [4.78, 5) is 28.1. The van der Waals surface area contributed by atoms with Crippen LogP contribution in [0.1, 0.15) is 12.5 Å². The fourth-order valence-corrected chi connectivity index (χ4v) is 4.76. The van der Waals surface area contributed by atoms with E-state index in [9.17, 15) is 14.0 Å². The summed E-state index contributed by atoms with van der Waals surface area (Å²) in [6.45, 7) is 4.45. The van der Waals surface area contributed by atoms with Gasteiger partial charge in [-0.3, -0.25) is 4.79 Å². The van der Waals surface area contributed by atoms with Crippen molar-refractivity contribution in [3.63, 3.8) is 0 Å². The van der Waals surface area contributed by atoms with E-state index in [-0.39, 0.29) is 23.6 Å². The van der Waals surface area contributed by atoms with Crippen LogP contribution < -0.4 is 0 Å². The Labute approximate surface area is 208 Å². The molecule has 2 heterocycles. The number of aromatic nitrogens is 3. The first-order valence-electron chi connectivity index (χ1n) is 11.6. The molecule has 2 amide bonds. The van der Waals surface area contributed by atoms with Gasteiger partial charge < -0.3 is 19.1 Å². The molecule has 2 aromatic carbocycles. The molecule has 4 rings (SSSR count). The molecular weight excluding hydrogens is 469 g/mol. The van der Waals surface area contributed by atoms with Crippen molar-refractivity contribution in [3.8, 4) is 11.4 Å². The average molecular weight is 498 g/mol. The number of nitrogens with zero attached hydrogens (tertiary/aromatic N) is 5. The molecule has 184 valence electrons. The summed E-state index contributed by atoms with van der Waals surface area (Å²) in [6, 6.07) is 16.5. The Hall–Kier alpha value is -3.40. The third-order valence-electron chi connectivity index (χ3n) is 5.78. The third-order valence-corrected chi connectivity index (χ3v) is 6.73. The lowest BCUT2D eigenvalue weighted by Crippen LogP contribution is -2.51. The zero-order valence-electron chi connectivity index (χ0n) is 19.6. The lowest BCUT2D eigenvalue weighted by molar-refractivity contribution is -0.129. The van der Waals surface area contributed by atoms with E-state index < -0.39 is 0 Å². The molecule has 0 N–H and O–H groups in total. The second kappa shape index (κ2) is 11.8. The van der Waals surface area contributed by atoms with Gasteiger partial charge in [-0.2, -0.15) is 0 Å². The van der Waals surface area contributed by atoms with Gasteiger partial charge in [0.2, 0.25) is 5.91 Å². The van der Waals surface area contributed by atoms with Gasteiger partial charge >= 0.3 is 6.09 Å². The zero-order chi connectivity index (χ0) is 24.6. The van der Waals surface area contributed by atoms with Crippen LogP contribution in [0, 0.1) is 5.82 Å². The first kappa shape index (κ1) is 24.7. The van der Waals surface area contributed by atoms with Crippen LogP contribution in [0.4, 0.5) is 9.18 Å². The van der Waals surface area contributed by atoms with E-state index in [1.807, 2.05) is 34.9 Å². The van der Waals surface area contributed by atoms with Crippen LogP contribution in [0.25, 0.3) is 11.4 Å². The molecular formula is C25H28FN5O3S. The van der Waals surface area contributed by atoms with Gasteiger partial charge in [-0.1, -0.05) is 54.2 Å². The highest BCUT2D eigenvalue weighted by molar-refractivity contribution is 7.99. The van der Waals surface area contributed by atoms with E-state index in [0.29, 0.717) is 55.9 Å². The Morgan fingerprint density at radius 3 is 2.37 bits per heavy atom. The second-order valence-corrected chi connectivity index (χ2v) is 8.97. The molecule has 0 atom stereocenters. The van der Waals surface area contributed by atoms with Crippen molar-refractivity contribution in [1.82, 2.24) is 24.6 Å². The highest BCUT2D eigenvalue weighted by atomic mass is 32.2. The summed E-state index contributed by atoms with van der Waals surface area (Å²) in [7, 11) is 0. The van der Waals surface area contributed by atoms with Crippen LogP contribution >= 0.6 is 11.8 Å². The normalized spacial score (nSPS) is 13.7. The second-order valence-electron chi connectivity index (χ2n) is 8.03. The molecule has 1 saturated heterocycles. The summed E-state index contributed by atoms with van der Waals surface area (Å²) in [6.07, 6.45) is 0.374. The van der Waals surface area contributed by atoms with Gasteiger partial charge in [0, 0.05) is 32.7 Å². The zero-order valence-corrected chi connectivity index (χ0v) is 20.4. The summed E-state index contributed by atoms with van der Waals surface area (Å²) >= 11 is 1.29. The number of ether oxygens (including phenoxy) is 1. The van der Waals surface area contributed by atoms with Crippen LogP contribution in [0.3, 0.4) is 0 Å². The lowest BCUT2D eigenvalue weighted by atomic mass is 10.1. The maximum atomic E-state index is 14.5. The number of benzene rings is 2. The molecule has 10 heteroatoms. The number of piperazine rings is 1. The van der Waals surface area contributed by atoms with Crippen LogP contribution in [0.2, 0.25) is 0 Å². The quantitative estimate of drug-likeness (QED) is 0.442. The fraction of sp³-hybridized carbons (Fsp3) is 0.360. The van der Waals surface area contributed by atoms with E-state index in [0.717, 1.165) is 12.0 Å². The van der Waals surface area contributed by atoms with Crippen molar-refractivity contribution in [1.29, 1.82) is 0 Å². The summed E-state index contributed by atoms with van der Waals surface area (Å²) in [5, 5.41) is 9.12. The number of amides is 2. The molecule has 0 spiro atoms. The predicted molar refractivity (Wildman–Crippen MR) is 131 cm³/mol. The number of carbonyl (C=O) groups is 2. The number of thioether (sulfide) groups is 1. The monoisotopic (exact) mass is 497 g/mol. The van der Waals surface area contributed by atoms with E-state index in [1.165, 1.54) is 17.8 Å². The molecule has 0 bridgehead atoms. The molecule has 1 aliphatic heterocycles. The maximum absolute atomic E-state index is 14.5. The standard InChI is InChI=1S/C25H28FN5O3S/c1-2-34-25(33)30-16-14-29(15-17-30)22(32)18-35-24-28-27-23(20-10-6-7-11-21(20)26)31(24)13-12-19-8-4-3-5-9-19/h3-11H,2,12-18H2,1H3. The minimum Gasteiger partial charge on any atom is -0.450 e. The number of rotatable bonds is 8. The van der Waals surface area contributed by atoms with Gasteiger partial charge in [0.1, 0.15) is 5.82 Å². The van der Waals surface area contributed by atoms with Crippen molar-refractivity contribution in [2.45, 2.75) is 25.0 Å². The Morgan fingerprint density at radius 2 is 1.66 bits per heavy atom. The van der Waals surface area contributed by atoms with Crippen LogP contribution in [-0.4, -0.2) is 75.1 Å².